The SMILES string of the molecule is CN(C)S(=O)(=O)c1cccc(NC(=O)CN2C(=O)[C@H]3[C@H](C2=O)[C@H]2C=C[C@H]3C2)c1. The maximum absolute atomic E-state index is 12.6. The van der Waals surface area contributed by atoms with Gasteiger partial charge in [0.25, 0.3) is 0 Å². The number of hydrogen-bond donors (Lipinski definition) is 1. The first-order valence-electron chi connectivity index (χ1n) is 9.06. The summed E-state index contributed by atoms with van der Waals surface area (Å²) >= 11 is 0. The van der Waals surface area contributed by atoms with Gasteiger partial charge in [0.1, 0.15) is 6.54 Å². The van der Waals surface area contributed by atoms with Gasteiger partial charge in [-0.3, -0.25) is 19.3 Å². The summed E-state index contributed by atoms with van der Waals surface area (Å²) in [6.45, 7) is -0.366. The van der Waals surface area contributed by atoms with Crippen molar-refractivity contribution in [1.29, 1.82) is 0 Å². The Morgan fingerprint density at radius 2 is 1.75 bits per heavy atom. The van der Waals surface area contributed by atoms with E-state index in [0.717, 1.165) is 15.6 Å². The Kier molecular flexibility index (Phi) is 4.39. The minimum atomic E-state index is -3.63. The van der Waals surface area contributed by atoms with E-state index in [9.17, 15) is 22.8 Å². The molecule has 0 spiro atoms. The topological polar surface area (TPSA) is 104 Å². The van der Waals surface area contributed by atoms with Gasteiger partial charge in [-0.1, -0.05) is 18.2 Å². The monoisotopic (exact) mass is 403 g/mol. The Labute approximate surface area is 163 Å². The fourth-order valence-corrected chi connectivity index (χ4v) is 5.36. The van der Waals surface area contributed by atoms with Gasteiger partial charge >= 0.3 is 0 Å². The van der Waals surface area contributed by atoms with E-state index in [4.69, 9.17) is 0 Å². The molecule has 9 heteroatoms. The average molecular weight is 403 g/mol. The number of carbonyl (C=O) groups is 3. The molecule has 1 saturated carbocycles. The van der Waals surface area contributed by atoms with Crippen molar-refractivity contribution < 1.29 is 22.8 Å². The van der Waals surface area contributed by atoms with E-state index in [2.05, 4.69) is 5.32 Å². The predicted octanol–water partition coefficient (Wildman–Crippen LogP) is 0.682. The number of rotatable bonds is 5. The second-order valence-electron chi connectivity index (χ2n) is 7.63. The quantitative estimate of drug-likeness (QED) is 0.575. The number of likely N-dealkylation sites (tertiary alicyclic amines) is 1. The van der Waals surface area contributed by atoms with Crippen LogP contribution >= 0.6 is 0 Å². The van der Waals surface area contributed by atoms with Crippen LogP contribution in [0.3, 0.4) is 0 Å². The summed E-state index contributed by atoms with van der Waals surface area (Å²) in [4.78, 5) is 38.8. The standard InChI is InChI=1S/C19H21N3O5S/c1-21(2)28(26,27)14-5-3-4-13(9-14)20-15(23)10-22-18(24)16-11-6-7-12(8-11)17(16)19(22)25/h3-7,9,11-12,16-17H,8,10H2,1-2H3,(H,20,23)/t11-,12-,16+,17+/m0/s1. The zero-order valence-electron chi connectivity index (χ0n) is 15.5. The molecule has 3 aliphatic rings. The van der Waals surface area contributed by atoms with Gasteiger partial charge in [0, 0.05) is 19.8 Å². The molecule has 2 fully saturated rings. The maximum atomic E-state index is 12.6. The molecule has 4 rings (SSSR count). The number of amides is 3. The lowest BCUT2D eigenvalue weighted by Gasteiger charge is -2.17. The third-order valence-corrected chi connectivity index (χ3v) is 7.57. The van der Waals surface area contributed by atoms with Gasteiger partial charge < -0.3 is 5.32 Å². The molecule has 1 aromatic rings. The summed E-state index contributed by atoms with van der Waals surface area (Å²) < 4.78 is 25.5. The molecule has 1 saturated heterocycles. The zero-order valence-corrected chi connectivity index (χ0v) is 16.3. The molecular weight excluding hydrogens is 382 g/mol. The number of anilines is 1. The molecule has 2 bridgehead atoms. The van der Waals surface area contributed by atoms with Crippen LogP contribution in [-0.4, -0.2) is 56.0 Å². The fourth-order valence-electron chi connectivity index (χ4n) is 4.41. The van der Waals surface area contributed by atoms with E-state index in [1.54, 1.807) is 6.07 Å². The predicted molar refractivity (Wildman–Crippen MR) is 100 cm³/mol. The molecule has 1 N–H and O–H groups in total. The lowest BCUT2D eigenvalue weighted by atomic mass is 9.85. The van der Waals surface area contributed by atoms with Crippen molar-refractivity contribution >= 4 is 33.4 Å². The number of benzene rings is 1. The largest absolute Gasteiger partial charge is 0.324 e. The smallest absolute Gasteiger partial charge is 0.244 e. The summed E-state index contributed by atoms with van der Waals surface area (Å²) in [6, 6.07) is 5.85. The lowest BCUT2D eigenvalue weighted by Crippen LogP contribution is -2.39. The number of imide groups is 1. The number of nitrogens with one attached hydrogen (secondary N) is 1. The van der Waals surface area contributed by atoms with Crippen LogP contribution in [0, 0.1) is 23.7 Å². The van der Waals surface area contributed by atoms with Crippen molar-refractivity contribution in [1.82, 2.24) is 9.21 Å². The number of fused-ring (bicyclic) bond motifs is 5. The Morgan fingerprint density at radius 1 is 1.14 bits per heavy atom. The van der Waals surface area contributed by atoms with Crippen LogP contribution in [0.5, 0.6) is 0 Å². The van der Waals surface area contributed by atoms with E-state index >= 15 is 0 Å². The van der Waals surface area contributed by atoms with Crippen LogP contribution in [0.1, 0.15) is 6.42 Å². The minimum absolute atomic E-state index is 0.0424. The van der Waals surface area contributed by atoms with E-state index < -0.39 is 15.9 Å². The van der Waals surface area contributed by atoms with Crippen LogP contribution in [0.25, 0.3) is 0 Å². The van der Waals surface area contributed by atoms with E-state index in [1.165, 1.54) is 32.3 Å². The summed E-state index contributed by atoms with van der Waals surface area (Å²) in [5.41, 5.74) is 0.286. The van der Waals surface area contributed by atoms with Crippen LogP contribution in [0.4, 0.5) is 5.69 Å². The van der Waals surface area contributed by atoms with Crippen molar-refractivity contribution in [2.45, 2.75) is 11.3 Å². The highest BCUT2D eigenvalue weighted by Crippen LogP contribution is 2.52. The molecule has 0 aromatic heterocycles. The molecule has 2 aliphatic carbocycles. The molecular formula is C19H21N3O5S. The third-order valence-electron chi connectivity index (χ3n) is 5.76. The van der Waals surface area contributed by atoms with Crippen molar-refractivity contribution in [2.75, 3.05) is 26.0 Å². The Morgan fingerprint density at radius 3 is 2.32 bits per heavy atom. The van der Waals surface area contributed by atoms with Gasteiger partial charge in [-0.05, 0) is 36.5 Å². The number of allylic oxidation sites excluding steroid dienone is 2. The molecule has 3 amide bonds. The first kappa shape index (κ1) is 18.8. The summed E-state index contributed by atoms with van der Waals surface area (Å²) in [7, 11) is -0.793. The van der Waals surface area contributed by atoms with Crippen molar-refractivity contribution in [3.05, 3.63) is 36.4 Å². The van der Waals surface area contributed by atoms with Crippen molar-refractivity contribution in [3.8, 4) is 0 Å². The molecule has 1 aromatic carbocycles. The van der Waals surface area contributed by atoms with E-state index in [1.807, 2.05) is 12.2 Å². The average Bonchev–Trinajstić information content (AvgIpc) is 3.32. The first-order valence-corrected chi connectivity index (χ1v) is 10.5. The van der Waals surface area contributed by atoms with Crippen LogP contribution in [-0.2, 0) is 24.4 Å². The van der Waals surface area contributed by atoms with Gasteiger partial charge in [0.05, 0.1) is 16.7 Å². The Balaban J connectivity index is 1.46. The van der Waals surface area contributed by atoms with Gasteiger partial charge in [0.2, 0.25) is 27.7 Å². The highest BCUT2D eigenvalue weighted by atomic mass is 32.2. The van der Waals surface area contributed by atoms with Crippen LogP contribution < -0.4 is 5.32 Å². The number of sulfonamides is 1. The fraction of sp³-hybridized carbons (Fsp3) is 0.421. The normalized spacial score (nSPS) is 28.3. The highest BCUT2D eigenvalue weighted by molar-refractivity contribution is 7.89. The van der Waals surface area contributed by atoms with Gasteiger partial charge in [-0.25, -0.2) is 12.7 Å². The number of nitrogens with zero attached hydrogens (tertiary/aromatic N) is 2. The molecule has 1 heterocycles. The molecule has 1 aliphatic heterocycles. The number of hydrogen-bond acceptors (Lipinski definition) is 5. The van der Waals surface area contributed by atoms with Crippen molar-refractivity contribution in [3.63, 3.8) is 0 Å². The van der Waals surface area contributed by atoms with Crippen LogP contribution in [0.15, 0.2) is 41.3 Å². The molecule has 0 radical (unpaired) electrons. The van der Waals surface area contributed by atoms with Gasteiger partial charge in [-0.2, -0.15) is 0 Å². The lowest BCUT2D eigenvalue weighted by molar-refractivity contribution is -0.143. The van der Waals surface area contributed by atoms with E-state index in [-0.39, 0.29) is 52.6 Å². The van der Waals surface area contributed by atoms with Gasteiger partial charge in [-0.15, -0.1) is 0 Å². The minimum Gasteiger partial charge on any atom is -0.324 e. The summed E-state index contributed by atoms with van der Waals surface area (Å²) in [5.74, 6) is -1.62. The van der Waals surface area contributed by atoms with Crippen molar-refractivity contribution in [2.24, 2.45) is 23.7 Å². The highest BCUT2D eigenvalue weighted by Gasteiger charge is 2.59. The Bertz CT molecular complexity index is 971. The molecule has 8 nitrogen and oxygen atoms in total. The summed E-state index contributed by atoms with van der Waals surface area (Å²) in [5, 5.41) is 2.58. The molecule has 0 unspecified atom stereocenters. The third kappa shape index (κ3) is 2.85. The van der Waals surface area contributed by atoms with E-state index in [0.29, 0.717) is 0 Å². The van der Waals surface area contributed by atoms with Gasteiger partial charge in [0.15, 0.2) is 0 Å². The Hall–Kier alpha value is -2.52. The van der Waals surface area contributed by atoms with Crippen LogP contribution in [0.2, 0.25) is 0 Å². The molecule has 148 valence electrons. The second-order valence-corrected chi connectivity index (χ2v) is 9.78. The molecule has 28 heavy (non-hydrogen) atoms. The zero-order chi connectivity index (χ0) is 20.2. The maximum Gasteiger partial charge on any atom is 0.244 e. The first-order chi connectivity index (χ1) is 13.2. The second kappa shape index (κ2) is 6.52. The molecule has 4 atom stereocenters. The number of carbonyl (C=O) groups excluding carboxylic acids is 3. The summed E-state index contributed by atoms with van der Waals surface area (Å²) in [6.07, 6.45) is 4.83.